The molecule has 0 bridgehead atoms. The Morgan fingerprint density at radius 3 is 2.20 bits per heavy atom. The highest BCUT2D eigenvalue weighted by molar-refractivity contribution is 7.13. The van der Waals surface area contributed by atoms with Crippen molar-refractivity contribution in [2.24, 2.45) is 0 Å². The van der Waals surface area contributed by atoms with E-state index in [4.69, 9.17) is 4.74 Å². The lowest BCUT2D eigenvalue weighted by Crippen LogP contribution is -1.99. The van der Waals surface area contributed by atoms with E-state index >= 15 is 0 Å². The molecule has 0 spiro atoms. The Morgan fingerprint density at radius 1 is 0.840 bits per heavy atom. The molecule has 2 nitrogen and oxygen atoms in total. The molecule has 124 valence electrons. The molecule has 0 saturated carbocycles. The van der Waals surface area contributed by atoms with Gasteiger partial charge in [0.1, 0.15) is 11.6 Å². The zero-order valence-corrected chi connectivity index (χ0v) is 14.5. The summed E-state index contributed by atoms with van der Waals surface area (Å²) in [6.07, 6.45) is 0. The minimum absolute atomic E-state index is 0.232. The Hall–Kier alpha value is -2.85. The number of benzene rings is 2. The first-order chi connectivity index (χ1) is 12.3. The van der Waals surface area contributed by atoms with Crippen LogP contribution in [0.3, 0.4) is 0 Å². The molecule has 0 saturated heterocycles. The van der Waals surface area contributed by atoms with Gasteiger partial charge < -0.3 is 9.30 Å². The van der Waals surface area contributed by atoms with Crippen LogP contribution in [0.4, 0.5) is 4.39 Å². The van der Waals surface area contributed by atoms with Crippen LogP contribution in [-0.4, -0.2) is 11.7 Å². The third-order valence-corrected chi connectivity index (χ3v) is 5.02. The maximum absolute atomic E-state index is 13.3. The van der Waals surface area contributed by atoms with E-state index in [9.17, 15) is 4.39 Å². The van der Waals surface area contributed by atoms with Crippen LogP contribution in [0.25, 0.3) is 27.5 Å². The minimum Gasteiger partial charge on any atom is -0.497 e. The van der Waals surface area contributed by atoms with Gasteiger partial charge in [0.25, 0.3) is 0 Å². The Morgan fingerprint density at radius 2 is 1.56 bits per heavy atom. The quantitative estimate of drug-likeness (QED) is 0.439. The Kier molecular flexibility index (Phi) is 4.12. The van der Waals surface area contributed by atoms with E-state index in [2.05, 4.69) is 28.1 Å². The monoisotopic (exact) mass is 349 g/mol. The van der Waals surface area contributed by atoms with Gasteiger partial charge in [0.2, 0.25) is 0 Å². The van der Waals surface area contributed by atoms with Crippen molar-refractivity contribution in [3.63, 3.8) is 0 Å². The van der Waals surface area contributed by atoms with E-state index in [1.54, 1.807) is 18.4 Å². The third kappa shape index (κ3) is 2.96. The molecule has 0 radical (unpaired) electrons. The van der Waals surface area contributed by atoms with Gasteiger partial charge in [-0.2, -0.15) is 0 Å². The summed E-state index contributed by atoms with van der Waals surface area (Å²) in [4.78, 5) is 1.18. The van der Waals surface area contributed by atoms with Crippen molar-refractivity contribution in [2.75, 3.05) is 7.11 Å². The van der Waals surface area contributed by atoms with Crippen molar-refractivity contribution in [2.45, 2.75) is 0 Å². The molecule has 0 unspecified atom stereocenters. The maximum Gasteiger partial charge on any atom is 0.123 e. The van der Waals surface area contributed by atoms with Gasteiger partial charge in [-0.3, -0.25) is 0 Å². The highest BCUT2D eigenvalue weighted by Gasteiger charge is 2.14. The van der Waals surface area contributed by atoms with Gasteiger partial charge in [-0.25, -0.2) is 4.39 Å². The molecule has 2 aromatic carbocycles. The SMILES string of the molecule is COc1ccc(-n2c(-c3ccc(F)cc3)ccc2-c2cccs2)cc1. The number of nitrogens with zero attached hydrogens (tertiary/aromatic N) is 1. The number of aromatic nitrogens is 1. The number of halogens is 1. The lowest BCUT2D eigenvalue weighted by atomic mass is 10.1. The first-order valence-corrected chi connectivity index (χ1v) is 8.80. The average Bonchev–Trinajstić information content (AvgIpc) is 3.32. The molecule has 2 heterocycles. The molecular formula is C21H16FNOS. The van der Waals surface area contributed by atoms with Crippen LogP contribution in [-0.2, 0) is 0 Å². The second-order valence-electron chi connectivity index (χ2n) is 5.62. The summed E-state index contributed by atoms with van der Waals surface area (Å²) in [5, 5.41) is 2.07. The van der Waals surface area contributed by atoms with E-state index in [1.165, 1.54) is 17.0 Å². The fraction of sp³-hybridized carbons (Fsp3) is 0.0476. The van der Waals surface area contributed by atoms with Gasteiger partial charge in [0, 0.05) is 5.69 Å². The molecular weight excluding hydrogens is 333 g/mol. The average molecular weight is 349 g/mol. The summed E-state index contributed by atoms with van der Waals surface area (Å²) in [6.45, 7) is 0. The second-order valence-corrected chi connectivity index (χ2v) is 6.57. The normalized spacial score (nSPS) is 10.8. The van der Waals surface area contributed by atoms with Crippen LogP contribution >= 0.6 is 11.3 Å². The van der Waals surface area contributed by atoms with Gasteiger partial charge in [0.15, 0.2) is 0 Å². The molecule has 0 fully saturated rings. The number of rotatable bonds is 4. The molecule has 0 N–H and O–H groups in total. The van der Waals surface area contributed by atoms with Crippen molar-refractivity contribution in [1.29, 1.82) is 0 Å². The highest BCUT2D eigenvalue weighted by atomic mass is 32.1. The van der Waals surface area contributed by atoms with Gasteiger partial charge in [-0.05, 0) is 77.7 Å². The number of ether oxygens (including phenoxy) is 1. The number of thiophene rings is 1. The topological polar surface area (TPSA) is 14.2 Å². The molecule has 4 aromatic rings. The Balaban J connectivity index is 1.91. The van der Waals surface area contributed by atoms with Gasteiger partial charge in [-0.1, -0.05) is 6.07 Å². The summed E-state index contributed by atoms with van der Waals surface area (Å²) in [5.41, 5.74) is 4.14. The number of methoxy groups -OCH3 is 1. The fourth-order valence-electron chi connectivity index (χ4n) is 2.91. The molecule has 4 heteroatoms. The molecule has 0 aliphatic carbocycles. The predicted molar refractivity (Wildman–Crippen MR) is 101 cm³/mol. The molecule has 4 rings (SSSR count). The van der Waals surface area contributed by atoms with Crippen molar-refractivity contribution in [3.8, 4) is 33.3 Å². The van der Waals surface area contributed by atoms with Crippen molar-refractivity contribution >= 4 is 11.3 Å². The predicted octanol–water partition coefficient (Wildman–Crippen LogP) is 6.02. The summed E-state index contributed by atoms with van der Waals surface area (Å²) >= 11 is 1.70. The third-order valence-electron chi connectivity index (χ3n) is 4.13. The van der Waals surface area contributed by atoms with Crippen LogP contribution in [0.2, 0.25) is 0 Å². The Bertz CT molecular complexity index is 970. The fourth-order valence-corrected chi connectivity index (χ4v) is 3.65. The zero-order chi connectivity index (χ0) is 17.2. The standard InChI is InChI=1S/C21H16FNOS/c1-24-18-10-8-17(9-11-18)23-19(15-4-6-16(22)7-5-15)12-13-20(23)21-3-2-14-25-21/h2-14H,1H3. The van der Waals surface area contributed by atoms with Gasteiger partial charge in [0.05, 0.1) is 23.4 Å². The molecule has 0 atom stereocenters. The van der Waals surface area contributed by atoms with Crippen LogP contribution < -0.4 is 4.74 Å². The lowest BCUT2D eigenvalue weighted by Gasteiger charge is -2.14. The number of hydrogen-bond donors (Lipinski definition) is 0. The van der Waals surface area contributed by atoms with E-state index in [1.807, 2.05) is 42.5 Å². The summed E-state index contributed by atoms with van der Waals surface area (Å²) in [7, 11) is 1.66. The van der Waals surface area contributed by atoms with Gasteiger partial charge >= 0.3 is 0 Å². The maximum atomic E-state index is 13.3. The van der Waals surface area contributed by atoms with Crippen molar-refractivity contribution < 1.29 is 9.13 Å². The van der Waals surface area contributed by atoms with Crippen LogP contribution in [0, 0.1) is 5.82 Å². The van der Waals surface area contributed by atoms with E-state index < -0.39 is 0 Å². The molecule has 0 amide bonds. The van der Waals surface area contributed by atoms with Crippen molar-refractivity contribution in [3.05, 3.63) is 84.0 Å². The van der Waals surface area contributed by atoms with E-state index in [-0.39, 0.29) is 5.82 Å². The van der Waals surface area contributed by atoms with Crippen LogP contribution in [0.1, 0.15) is 0 Å². The van der Waals surface area contributed by atoms with Crippen molar-refractivity contribution in [1.82, 2.24) is 4.57 Å². The smallest absolute Gasteiger partial charge is 0.123 e. The summed E-state index contributed by atoms with van der Waals surface area (Å²) in [5.74, 6) is 0.585. The van der Waals surface area contributed by atoms with Crippen LogP contribution in [0.5, 0.6) is 5.75 Å². The molecule has 2 aromatic heterocycles. The largest absolute Gasteiger partial charge is 0.497 e. The first kappa shape index (κ1) is 15.7. The van der Waals surface area contributed by atoms with E-state index in [0.29, 0.717) is 0 Å². The number of hydrogen-bond acceptors (Lipinski definition) is 2. The molecule has 0 aliphatic rings. The summed E-state index contributed by atoms with van der Waals surface area (Å²) < 4.78 is 20.8. The van der Waals surface area contributed by atoms with Crippen LogP contribution in [0.15, 0.2) is 78.2 Å². The second kappa shape index (κ2) is 6.57. The Labute approximate surface area is 149 Å². The lowest BCUT2D eigenvalue weighted by molar-refractivity contribution is 0.415. The zero-order valence-electron chi connectivity index (χ0n) is 13.6. The molecule has 0 aliphatic heterocycles. The van der Waals surface area contributed by atoms with E-state index in [0.717, 1.165) is 28.4 Å². The van der Waals surface area contributed by atoms with Gasteiger partial charge in [-0.15, -0.1) is 11.3 Å². The minimum atomic E-state index is -0.232. The summed E-state index contributed by atoms with van der Waals surface area (Å²) in [6, 6.07) is 22.9. The molecule has 25 heavy (non-hydrogen) atoms. The highest BCUT2D eigenvalue weighted by Crippen LogP contribution is 2.34. The first-order valence-electron chi connectivity index (χ1n) is 7.92.